The van der Waals surface area contributed by atoms with E-state index >= 15 is 0 Å². The highest BCUT2D eigenvalue weighted by Crippen LogP contribution is 2.26. The number of fused-ring (bicyclic) bond motifs is 1. The molecule has 0 spiro atoms. The van der Waals surface area contributed by atoms with Gasteiger partial charge in [0, 0.05) is 36.2 Å². The molecular weight excluding hydrogens is 378 g/mol. The number of aromatic nitrogens is 1. The second-order valence-electron chi connectivity index (χ2n) is 7.96. The molecule has 2 aromatic carbocycles. The summed E-state index contributed by atoms with van der Waals surface area (Å²) < 4.78 is 5.79. The van der Waals surface area contributed by atoms with Gasteiger partial charge in [0.2, 0.25) is 17.7 Å². The van der Waals surface area contributed by atoms with Gasteiger partial charge < -0.3 is 14.6 Å². The maximum atomic E-state index is 12.7. The number of nitrogens with zero attached hydrogens (tertiary/aromatic N) is 2. The van der Waals surface area contributed by atoms with Crippen molar-refractivity contribution in [3.8, 4) is 11.5 Å². The molecule has 1 atom stereocenters. The van der Waals surface area contributed by atoms with Gasteiger partial charge in [0.05, 0.1) is 0 Å². The van der Waals surface area contributed by atoms with Crippen LogP contribution in [0, 0.1) is 11.8 Å². The summed E-state index contributed by atoms with van der Waals surface area (Å²) in [5, 5.41) is 3.00. The number of benzene rings is 2. The number of oxazole rings is 1. The summed E-state index contributed by atoms with van der Waals surface area (Å²) >= 11 is 0. The zero-order valence-corrected chi connectivity index (χ0v) is 17.4. The molecule has 1 N–H and O–H groups in total. The van der Waals surface area contributed by atoms with E-state index in [0.29, 0.717) is 31.8 Å². The molecule has 1 unspecified atom stereocenters. The van der Waals surface area contributed by atoms with Gasteiger partial charge in [-0.2, -0.15) is 0 Å². The van der Waals surface area contributed by atoms with Crippen molar-refractivity contribution >= 4 is 28.6 Å². The molecule has 0 aliphatic carbocycles. The van der Waals surface area contributed by atoms with Crippen molar-refractivity contribution < 1.29 is 14.0 Å². The Morgan fingerprint density at radius 1 is 1.13 bits per heavy atom. The first-order valence-corrected chi connectivity index (χ1v) is 10.6. The summed E-state index contributed by atoms with van der Waals surface area (Å²) in [7, 11) is 0. The fourth-order valence-corrected chi connectivity index (χ4v) is 3.78. The summed E-state index contributed by atoms with van der Waals surface area (Å²) in [6.45, 7) is 5.29. The number of carbonyl (C=O) groups is 2. The number of anilines is 1. The lowest BCUT2D eigenvalue weighted by Crippen LogP contribution is -2.43. The van der Waals surface area contributed by atoms with Gasteiger partial charge in [-0.25, -0.2) is 4.98 Å². The SMILES string of the molecule is CCC(C)C(=O)N1CCC(C(=O)Nc2ccc(-c3nc4ccccc4o3)cc2)CC1. The Hall–Kier alpha value is -3.15. The molecule has 0 radical (unpaired) electrons. The van der Waals surface area contributed by atoms with Crippen molar-refractivity contribution in [2.75, 3.05) is 18.4 Å². The van der Waals surface area contributed by atoms with E-state index in [1.165, 1.54) is 0 Å². The van der Waals surface area contributed by atoms with Crippen molar-refractivity contribution in [2.24, 2.45) is 11.8 Å². The highest BCUT2D eigenvalue weighted by Gasteiger charge is 2.28. The van der Waals surface area contributed by atoms with E-state index in [9.17, 15) is 9.59 Å². The third-order valence-corrected chi connectivity index (χ3v) is 5.90. The van der Waals surface area contributed by atoms with Crippen LogP contribution in [0.25, 0.3) is 22.6 Å². The zero-order chi connectivity index (χ0) is 21.1. The lowest BCUT2D eigenvalue weighted by molar-refractivity contribution is -0.138. The van der Waals surface area contributed by atoms with Crippen LogP contribution in [0.3, 0.4) is 0 Å². The third kappa shape index (κ3) is 4.22. The summed E-state index contributed by atoms with van der Waals surface area (Å²) in [6, 6.07) is 15.2. The van der Waals surface area contributed by atoms with Crippen molar-refractivity contribution in [1.29, 1.82) is 0 Å². The van der Waals surface area contributed by atoms with Crippen molar-refractivity contribution in [2.45, 2.75) is 33.1 Å². The molecule has 1 fully saturated rings. The highest BCUT2D eigenvalue weighted by molar-refractivity contribution is 5.93. The van der Waals surface area contributed by atoms with E-state index in [0.717, 1.165) is 28.8 Å². The average molecular weight is 405 g/mol. The van der Waals surface area contributed by atoms with E-state index in [4.69, 9.17) is 4.42 Å². The normalized spacial score (nSPS) is 15.9. The summed E-state index contributed by atoms with van der Waals surface area (Å²) in [5.41, 5.74) is 3.19. The largest absolute Gasteiger partial charge is 0.436 e. The summed E-state index contributed by atoms with van der Waals surface area (Å²) in [4.78, 5) is 31.4. The molecule has 1 saturated heterocycles. The number of hydrogen-bond acceptors (Lipinski definition) is 4. The van der Waals surface area contributed by atoms with E-state index < -0.39 is 0 Å². The van der Waals surface area contributed by atoms with Crippen LogP contribution in [0.4, 0.5) is 5.69 Å². The number of rotatable bonds is 5. The first-order chi connectivity index (χ1) is 14.5. The van der Waals surface area contributed by atoms with Gasteiger partial charge in [0.15, 0.2) is 5.58 Å². The van der Waals surface area contributed by atoms with E-state index in [1.807, 2.05) is 67.3 Å². The molecule has 2 amide bonds. The molecule has 1 aliphatic rings. The minimum absolute atomic E-state index is 0.0141. The monoisotopic (exact) mass is 405 g/mol. The average Bonchev–Trinajstić information content (AvgIpc) is 3.23. The summed E-state index contributed by atoms with van der Waals surface area (Å²) in [5.74, 6) is 0.761. The minimum atomic E-state index is -0.0669. The summed E-state index contributed by atoms with van der Waals surface area (Å²) in [6.07, 6.45) is 2.25. The Morgan fingerprint density at radius 3 is 2.50 bits per heavy atom. The van der Waals surface area contributed by atoms with E-state index in [-0.39, 0.29) is 23.7 Å². The fraction of sp³-hybridized carbons (Fsp3) is 0.375. The standard InChI is InChI=1S/C24H27N3O3/c1-3-16(2)24(29)27-14-12-17(13-15-27)22(28)25-19-10-8-18(9-11-19)23-26-20-6-4-5-7-21(20)30-23/h4-11,16-17H,3,12-15H2,1-2H3,(H,25,28). The Bertz CT molecular complexity index is 1000. The molecule has 30 heavy (non-hydrogen) atoms. The first-order valence-electron chi connectivity index (χ1n) is 10.6. The molecule has 156 valence electrons. The lowest BCUT2D eigenvalue weighted by Gasteiger charge is -2.32. The van der Waals surface area contributed by atoms with Crippen LogP contribution in [-0.2, 0) is 9.59 Å². The molecule has 3 aromatic rings. The van der Waals surface area contributed by atoms with Gasteiger partial charge in [0.25, 0.3) is 0 Å². The topological polar surface area (TPSA) is 75.4 Å². The molecule has 1 aromatic heterocycles. The molecule has 2 heterocycles. The van der Waals surface area contributed by atoms with Crippen molar-refractivity contribution in [3.63, 3.8) is 0 Å². The maximum Gasteiger partial charge on any atom is 0.227 e. The van der Waals surface area contributed by atoms with Crippen molar-refractivity contribution in [3.05, 3.63) is 48.5 Å². The Kier molecular flexibility index (Phi) is 5.84. The van der Waals surface area contributed by atoms with Gasteiger partial charge in [-0.3, -0.25) is 9.59 Å². The predicted molar refractivity (Wildman–Crippen MR) is 117 cm³/mol. The molecule has 4 rings (SSSR count). The lowest BCUT2D eigenvalue weighted by atomic mass is 9.94. The number of amides is 2. The number of para-hydroxylation sites is 2. The zero-order valence-electron chi connectivity index (χ0n) is 17.4. The van der Waals surface area contributed by atoms with Gasteiger partial charge in [-0.05, 0) is 55.7 Å². The molecule has 6 heteroatoms. The van der Waals surface area contributed by atoms with Crippen molar-refractivity contribution in [1.82, 2.24) is 9.88 Å². The minimum Gasteiger partial charge on any atom is -0.436 e. The third-order valence-electron chi connectivity index (χ3n) is 5.90. The number of carbonyl (C=O) groups excluding carboxylic acids is 2. The molecule has 0 saturated carbocycles. The van der Waals surface area contributed by atoms with Gasteiger partial charge in [-0.1, -0.05) is 26.0 Å². The Morgan fingerprint density at radius 2 is 1.83 bits per heavy atom. The second-order valence-corrected chi connectivity index (χ2v) is 7.96. The van der Waals surface area contributed by atoms with Crippen LogP contribution in [0.5, 0.6) is 0 Å². The number of nitrogens with one attached hydrogen (secondary N) is 1. The fourth-order valence-electron chi connectivity index (χ4n) is 3.78. The van der Waals surface area contributed by atoms with E-state index in [1.54, 1.807) is 0 Å². The number of piperidine rings is 1. The first kappa shape index (κ1) is 20.1. The smallest absolute Gasteiger partial charge is 0.227 e. The predicted octanol–water partition coefficient (Wildman–Crippen LogP) is 4.72. The Balaban J connectivity index is 1.34. The van der Waals surface area contributed by atoms with Crippen LogP contribution in [0.1, 0.15) is 33.1 Å². The van der Waals surface area contributed by atoms with Crippen LogP contribution < -0.4 is 5.32 Å². The quantitative estimate of drug-likeness (QED) is 0.667. The molecule has 1 aliphatic heterocycles. The van der Waals surface area contributed by atoms with Gasteiger partial charge in [-0.15, -0.1) is 0 Å². The van der Waals surface area contributed by atoms with Crippen LogP contribution in [-0.4, -0.2) is 34.8 Å². The highest BCUT2D eigenvalue weighted by atomic mass is 16.3. The van der Waals surface area contributed by atoms with Gasteiger partial charge >= 0.3 is 0 Å². The van der Waals surface area contributed by atoms with Crippen LogP contribution >= 0.6 is 0 Å². The Labute approximate surface area is 176 Å². The van der Waals surface area contributed by atoms with Crippen LogP contribution in [0.2, 0.25) is 0 Å². The van der Waals surface area contributed by atoms with Crippen LogP contribution in [0.15, 0.2) is 52.9 Å². The molecule has 6 nitrogen and oxygen atoms in total. The van der Waals surface area contributed by atoms with E-state index in [2.05, 4.69) is 10.3 Å². The second kappa shape index (κ2) is 8.69. The number of likely N-dealkylation sites (tertiary alicyclic amines) is 1. The maximum absolute atomic E-state index is 12.7. The number of hydrogen-bond donors (Lipinski definition) is 1. The van der Waals surface area contributed by atoms with Gasteiger partial charge in [0.1, 0.15) is 5.52 Å². The molecule has 0 bridgehead atoms. The molecular formula is C24H27N3O3.